The number of alkyl halides is 3. The smallest absolute Gasteiger partial charge is 0.405 e. The van der Waals surface area contributed by atoms with Crippen molar-refractivity contribution in [3.63, 3.8) is 0 Å². The van der Waals surface area contributed by atoms with Crippen LogP contribution in [-0.2, 0) is 0 Å². The molecule has 1 unspecified atom stereocenters. The van der Waals surface area contributed by atoms with Crippen LogP contribution in [0.15, 0.2) is 29.6 Å². The average molecular weight is 276 g/mol. The van der Waals surface area contributed by atoms with Gasteiger partial charge in [0.05, 0.1) is 0 Å². The Kier molecular flexibility index (Phi) is 3.48. The molecule has 1 heterocycles. The van der Waals surface area contributed by atoms with Crippen LogP contribution in [0.25, 0.3) is 0 Å². The van der Waals surface area contributed by atoms with E-state index in [1.807, 2.05) is 0 Å². The van der Waals surface area contributed by atoms with Crippen LogP contribution in [0.1, 0.15) is 17.4 Å². The second-order valence-electron chi connectivity index (χ2n) is 3.32. The molecule has 4 nitrogen and oxygen atoms in total. The summed E-state index contributed by atoms with van der Waals surface area (Å²) in [4.78, 5) is 0. The van der Waals surface area contributed by atoms with Gasteiger partial charge in [-0.1, -0.05) is 22.7 Å². The van der Waals surface area contributed by atoms with Gasteiger partial charge in [-0.05, 0) is 17.6 Å². The number of para-hydroxylation sites is 1. The molecule has 0 aliphatic carbocycles. The van der Waals surface area contributed by atoms with Crippen molar-refractivity contribution >= 4 is 11.5 Å². The summed E-state index contributed by atoms with van der Waals surface area (Å²) in [6.45, 7) is 0. The van der Waals surface area contributed by atoms with E-state index in [2.05, 4.69) is 14.3 Å². The quantitative estimate of drug-likeness (QED) is 0.936. The molecule has 1 atom stereocenters. The normalized spacial score (nSPS) is 13.3. The Labute approximate surface area is 104 Å². The van der Waals surface area contributed by atoms with Crippen LogP contribution in [0.4, 0.5) is 13.2 Å². The maximum Gasteiger partial charge on any atom is 0.573 e. The first-order chi connectivity index (χ1) is 8.47. The molecule has 0 amide bonds. The van der Waals surface area contributed by atoms with Gasteiger partial charge in [0.1, 0.15) is 17.5 Å². The van der Waals surface area contributed by atoms with Gasteiger partial charge >= 0.3 is 6.36 Å². The lowest BCUT2D eigenvalue weighted by molar-refractivity contribution is -0.275. The Hall–Kier alpha value is -1.67. The standard InChI is InChI=1S/C10H7F3N2O2S/c11-10(12,13)17-8-4-2-1-3-6(8)9(16)7-5-18-15-14-7/h1-5,9,16H. The van der Waals surface area contributed by atoms with Crippen LogP contribution >= 0.6 is 11.5 Å². The second kappa shape index (κ2) is 4.91. The lowest BCUT2D eigenvalue weighted by Gasteiger charge is -2.15. The SMILES string of the molecule is OC(c1csnn1)c1ccccc1OC(F)(F)F. The Morgan fingerprint density at radius 1 is 1.28 bits per heavy atom. The molecule has 0 radical (unpaired) electrons. The van der Waals surface area contributed by atoms with Crippen LogP contribution in [0.3, 0.4) is 0 Å². The number of benzene rings is 1. The molecule has 0 saturated heterocycles. The van der Waals surface area contributed by atoms with E-state index < -0.39 is 18.2 Å². The van der Waals surface area contributed by atoms with E-state index in [4.69, 9.17) is 0 Å². The number of nitrogens with zero attached hydrogens (tertiary/aromatic N) is 2. The number of rotatable bonds is 3. The largest absolute Gasteiger partial charge is 0.573 e. The highest BCUT2D eigenvalue weighted by molar-refractivity contribution is 7.03. The summed E-state index contributed by atoms with van der Waals surface area (Å²) in [6.07, 6.45) is -6.11. The Bertz CT molecular complexity index is 516. The van der Waals surface area contributed by atoms with E-state index in [1.165, 1.54) is 23.6 Å². The van der Waals surface area contributed by atoms with Crippen LogP contribution in [0.5, 0.6) is 5.75 Å². The molecule has 0 spiro atoms. The first kappa shape index (κ1) is 12.8. The highest BCUT2D eigenvalue weighted by Crippen LogP contribution is 2.32. The van der Waals surface area contributed by atoms with Gasteiger partial charge in [-0.2, -0.15) is 0 Å². The topological polar surface area (TPSA) is 55.2 Å². The summed E-state index contributed by atoms with van der Waals surface area (Å²) in [5.41, 5.74) is 0.167. The van der Waals surface area contributed by atoms with Crippen molar-refractivity contribution in [1.82, 2.24) is 9.59 Å². The van der Waals surface area contributed by atoms with Crippen LogP contribution in [0, 0.1) is 0 Å². The molecule has 8 heteroatoms. The van der Waals surface area contributed by atoms with Crippen LogP contribution in [0.2, 0.25) is 0 Å². The van der Waals surface area contributed by atoms with Gasteiger partial charge in [0.2, 0.25) is 0 Å². The summed E-state index contributed by atoms with van der Waals surface area (Å²) in [5.74, 6) is -0.453. The summed E-state index contributed by atoms with van der Waals surface area (Å²) < 4.78 is 44.0. The highest BCUT2D eigenvalue weighted by atomic mass is 32.1. The molecule has 18 heavy (non-hydrogen) atoms. The lowest BCUT2D eigenvalue weighted by Crippen LogP contribution is -2.18. The molecular weight excluding hydrogens is 269 g/mol. The predicted molar refractivity (Wildman–Crippen MR) is 57.1 cm³/mol. The molecular formula is C10H7F3N2O2S. The lowest BCUT2D eigenvalue weighted by atomic mass is 10.1. The van der Waals surface area contributed by atoms with Gasteiger partial charge in [-0.25, -0.2) is 0 Å². The maximum absolute atomic E-state index is 12.2. The van der Waals surface area contributed by atoms with Crippen LogP contribution < -0.4 is 4.74 Å². The Balaban J connectivity index is 2.33. The molecule has 96 valence electrons. The Morgan fingerprint density at radius 2 is 2.00 bits per heavy atom. The van der Waals surface area contributed by atoms with Gasteiger partial charge in [0.15, 0.2) is 0 Å². The van der Waals surface area contributed by atoms with Crippen molar-refractivity contribution in [1.29, 1.82) is 0 Å². The molecule has 0 aliphatic rings. The summed E-state index contributed by atoms with van der Waals surface area (Å²) in [6, 6.07) is 5.36. The third-order valence-corrected chi connectivity index (χ3v) is 2.62. The molecule has 0 saturated carbocycles. The van der Waals surface area contributed by atoms with Gasteiger partial charge < -0.3 is 9.84 Å². The zero-order valence-corrected chi connectivity index (χ0v) is 9.57. The van der Waals surface area contributed by atoms with Crippen molar-refractivity contribution in [3.8, 4) is 5.75 Å². The molecule has 0 fully saturated rings. The minimum atomic E-state index is -4.81. The third-order valence-electron chi connectivity index (χ3n) is 2.10. The number of ether oxygens (including phenoxy) is 1. The number of hydrogen-bond donors (Lipinski definition) is 1. The van der Waals surface area contributed by atoms with E-state index >= 15 is 0 Å². The number of aliphatic hydroxyl groups excluding tert-OH is 1. The van der Waals surface area contributed by atoms with E-state index in [0.717, 1.165) is 17.6 Å². The van der Waals surface area contributed by atoms with Crippen molar-refractivity contribution in [2.24, 2.45) is 0 Å². The number of aromatic nitrogens is 2. The first-order valence-electron chi connectivity index (χ1n) is 4.77. The maximum atomic E-state index is 12.2. The summed E-state index contributed by atoms with van der Waals surface area (Å²) >= 11 is 0.997. The molecule has 0 bridgehead atoms. The fraction of sp³-hybridized carbons (Fsp3) is 0.200. The van der Waals surface area contributed by atoms with E-state index in [0.29, 0.717) is 0 Å². The molecule has 2 rings (SSSR count). The fourth-order valence-corrected chi connectivity index (χ4v) is 1.85. The van der Waals surface area contributed by atoms with E-state index in [9.17, 15) is 18.3 Å². The van der Waals surface area contributed by atoms with Gasteiger partial charge in [0, 0.05) is 10.9 Å². The summed E-state index contributed by atoms with van der Waals surface area (Å²) in [7, 11) is 0. The van der Waals surface area contributed by atoms with Gasteiger partial charge in [0.25, 0.3) is 0 Å². The first-order valence-corrected chi connectivity index (χ1v) is 5.61. The number of hydrogen-bond acceptors (Lipinski definition) is 5. The van der Waals surface area contributed by atoms with E-state index in [1.54, 1.807) is 0 Å². The Morgan fingerprint density at radius 3 is 2.61 bits per heavy atom. The summed E-state index contributed by atoms with van der Waals surface area (Å²) in [5, 5.41) is 15.0. The average Bonchev–Trinajstić information content (AvgIpc) is 2.80. The van der Waals surface area contributed by atoms with Crippen molar-refractivity contribution in [2.75, 3.05) is 0 Å². The molecule has 1 aromatic carbocycles. The molecule has 1 N–H and O–H groups in total. The zero-order chi connectivity index (χ0) is 13.2. The highest BCUT2D eigenvalue weighted by Gasteiger charge is 2.33. The molecule has 2 aromatic rings. The monoisotopic (exact) mass is 276 g/mol. The minimum Gasteiger partial charge on any atom is -0.405 e. The predicted octanol–water partition coefficient (Wildman–Crippen LogP) is 2.52. The van der Waals surface area contributed by atoms with Gasteiger partial charge in [-0.15, -0.1) is 18.3 Å². The second-order valence-corrected chi connectivity index (χ2v) is 3.93. The van der Waals surface area contributed by atoms with Crippen LogP contribution in [-0.4, -0.2) is 21.1 Å². The zero-order valence-electron chi connectivity index (χ0n) is 8.76. The fourth-order valence-electron chi connectivity index (χ4n) is 1.37. The van der Waals surface area contributed by atoms with Crippen molar-refractivity contribution in [2.45, 2.75) is 12.5 Å². The number of aliphatic hydroxyl groups is 1. The van der Waals surface area contributed by atoms with Crippen molar-refractivity contribution in [3.05, 3.63) is 40.9 Å². The van der Waals surface area contributed by atoms with E-state index in [-0.39, 0.29) is 11.3 Å². The third kappa shape index (κ3) is 2.96. The van der Waals surface area contributed by atoms with Gasteiger partial charge in [-0.3, -0.25) is 0 Å². The van der Waals surface area contributed by atoms with Crippen molar-refractivity contribution < 1.29 is 23.0 Å². The molecule has 1 aromatic heterocycles. The minimum absolute atomic E-state index is 0.0116. The molecule has 0 aliphatic heterocycles. The number of halogens is 3.